The van der Waals surface area contributed by atoms with Gasteiger partial charge in [-0.25, -0.2) is 15.0 Å². The summed E-state index contributed by atoms with van der Waals surface area (Å²) < 4.78 is 0. The fourth-order valence-electron chi connectivity index (χ4n) is 0.814. The SMILES string of the molecule is c1cnc(-c2c[nH]cn2)nc1. The van der Waals surface area contributed by atoms with Gasteiger partial charge in [-0.2, -0.15) is 0 Å². The number of nitrogens with one attached hydrogen (secondary N) is 1. The van der Waals surface area contributed by atoms with Crippen LogP contribution in [0.4, 0.5) is 0 Å². The van der Waals surface area contributed by atoms with Crippen molar-refractivity contribution in [2.75, 3.05) is 0 Å². The summed E-state index contributed by atoms with van der Waals surface area (Å²) >= 11 is 0. The van der Waals surface area contributed by atoms with Crippen LogP contribution in [0.5, 0.6) is 0 Å². The first-order valence-corrected chi connectivity index (χ1v) is 3.23. The lowest BCUT2D eigenvalue weighted by atomic mass is 10.4. The molecule has 2 rings (SSSR count). The van der Waals surface area contributed by atoms with E-state index in [0.29, 0.717) is 5.82 Å². The predicted molar refractivity (Wildman–Crippen MR) is 39.6 cm³/mol. The van der Waals surface area contributed by atoms with E-state index in [0.717, 1.165) is 5.69 Å². The van der Waals surface area contributed by atoms with Gasteiger partial charge in [-0.1, -0.05) is 0 Å². The van der Waals surface area contributed by atoms with Gasteiger partial charge in [0.25, 0.3) is 0 Å². The van der Waals surface area contributed by atoms with Crippen LogP contribution in [0.15, 0.2) is 31.0 Å². The van der Waals surface area contributed by atoms with E-state index in [1.165, 1.54) is 0 Å². The minimum Gasteiger partial charge on any atom is -0.350 e. The normalized spacial score (nSPS) is 9.82. The van der Waals surface area contributed by atoms with Gasteiger partial charge >= 0.3 is 0 Å². The average Bonchev–Trinajstić information content (AvgIpc) is 2.58. The number of imidazole rings is 1. The van der Waals surface area contributed by atoms with Crippen molar-refractivity contribution in [2.45, 2.75) is 0 Å². The molecule has 0 fully saturated rings. The van der Waals surface area contributed by atoms with E-state index < -0.39 is 0 Å². The first-order chi connectivity index (χ1) is 5.47. The Morgan fingerprint density at radius 2 is 1.91 bits per heavy atom. The Morgan fingerprint density at radius 3 is 2.55 bits per heavy atom. The molecule has 4 nitrogen and oxygen atoms in total. The zero-order valence-electron chi connectivity index (χ0n) is 5.73. The van der Waals surface area contributed by atoms with Crippen molar-refractivity contribution < 1.29 is 0 Å². The monoisotopic (exact) mass is 146 g/mol. The summed E-state index contributed by atoms with van der Waals surface area (Å²) in [6.07, 6.45) is 6.75. The molecule has 0 spiro atoms. The Hall–Kier alpha value is -1.71. The largest absolute Gasteiger partial charge is 0.350 e. The van der Waals surface area contributed by atoms with Crippen molar-refractivity contribution in [3.63, 3.8) is 0 Å². The highest BCUT2D eigenvalue weighted by Gasteiger charge is 1.98. The first kappa shape index (κ1) is 6.03. The quantitative estimate of drug-likeness (QED) is 0.649. The average molecular weight is 146 g/mol. The van der Waals surface area contributed by atoms with E-state index in [-0.39, 0.29) is 0 Å². The van der Waals surface area contributed by atoms with Gasteiger partial charge in [0.2, 0.25) is 0 Å². The molecular formula is C7H6N4. The molecule has 4 heteroatoms. The molecule has 0 saturated carbocycles. The van der Waals surface area contributed by atoms with E-state index in [4.69, 9.17) is 0 Å². The molecule has 0 aromatic carbocycles. The topological polar surface area (TPSA) is 54.5 Å². The lowest BCUT2D eigenvalue weighted by molar-refractivity contribution is 1.15. The molecule has 0 aliphatic heterocycles. The molecule has 0 unspecified atom stereocenters. The molecule has 0 atom stereocenters. The summed E-state index contributed by atoms with van der Waals surface area (Å²) in [5.41, 5.74) is 0.769. The van der Waals surface area contributed by atoms with Crippen LogP contribution in [0.1, 0.15) is 0 Å². The standard InChI is InChI=1S/C7H6N4/c1-2-9-7(10-3-1)6-4-8-5-11-6/h1-5H,(H,8,11). The minimum absolute atomic E-state index is 0.647. The Labute approximate surface area is 63.4 Å². The maximum Gasteiger partial charge on any atom is 0.179 e. The summed E-state index contributed by atoms with van der Waals surface area (Å²) in [6, 6.07) is 1.77. The van der Waals surface area contributed by atoms with Crippen LogP contribution in [0, 0.1) is 0 Å². The highest BCUT2D eigenvalue weighted by Crippen LogP contribution is 2.06. The fraction of sp³-hybridized carbons (Fsp3) is 0. The summed E-state index contributed by atoms with van der Waals surface area (Å²) in [5, 5.41) is 0. The Bertz CT molecular complexity index is 313. The molecule has 1 N–H and O–H groups in total. The number of hydrogen-bond acceptors (Lipinski definition) is 3. The van der Waals surface area contributed by atoms with Crippen LogP contribution in [-0.4, -0.2) is 19.9 Å². The minimum atomic E-state index is 0.647. The van der Waals surface area contributed by atoms with E-state index >= 15 is 0 Å². The zero-order chi connectivity index (χ0) is 7.52. The molecule has 0 saturated heterocycles. The van der Waals surface area contributed by atoms with Crippen LogP contribution >= 0.6 is 0 Å². The molecule has 0 amide bonds. The summed E-state index contributed by atoms with van der Waals surface area (Å²) in [4.78, 5) is 14.9. The van der Waals surface area contributed by atoms with Gasteiger partial charge in [0.05, 0.1) is 6.33 Å². The molecule has 11 heavy (non-hydrogen) atoms. The second-order valence-electron chi connectivity index (χ2n) is 2.03. The predicted octanol–water partition coefficient (Wildman–Crippen LogP) is 0.867. The fourth-order valence-corrected chi connectivity index (χ4v) is 0.814. The number of rotatable bonds is 1. The lowest BCUT2D eigenvalue weighted by Crippen LogP contribution is -1.85. The number of nitrogens with zero attached hydrogens (tertiary/aromatic N) is 3. The highest BCUT2D eigenvalue weighted by molar-refractivity contribution is 5.45. The van der Waals surface area contributed by atoms with Crippen LogP contribution in [0.25, 0.3) is 11.5 Å². The Balaban J connectivity index is 2.46. The number of H-pyrrole nitrogens is 1. The molecule has 2 heterocycles. The number of aromatic nitrogens is 4. The van der Waals surface area contributed by atoms with Gasteiger partial charge in [-0.15, -0.1) is 0 Å². The Morgan fingerprint density at radius 1 is 1.09 bits per heavy atom. The summed E-state index contributed by atoms with van der Waals surface area (Å²) in [5.74, 6) is 0.647. The van der Waals surface area contributed by atoms with Crippen molar-refractivity contribution in [2.24, 2.45) is 0 Å². The summed E-state index contributed by atoms with van der Waals surface area (Å²) in [7, 11) is 0. The highest BCUT2D eigenvalue weighted by atomic mass is 14.9. The van der Waals surface area contributed by atoms with E-state index in [1.54, 1.807) is 31.0 Å². The molecule has 0 radical (unpaired) electrons. The lowest BCUT2D eigenvalue weighted by Gasteiger charge is -1.89. The van der Waals surface area contributed by atoms with Gasteiger partial charge in [0, 0.05) is 18.6 Å². The van der Waals surface area contributed by atoms with Crippen molar-refractivity contribution in [1.29, 1.82) is 0 Å². The van der Waals surface area contributed by atoms with Gasteiger partial charge in [-0.3, -0.25) is 0 Å². The van der Waals surface area contributed by atoms with Crippen molar-refractivity contribution >= 4 is 0 Å². The third-order valence-corrected chi connectivity index (χ3v) is 1.29. The zero-order valence-corrected chi connectivity index (χ0v) is 5.73. The van der Waals surface area contributed by atoms with Gasteiger partial charge < -0.3 is 4.98 Å². The molecule has 0 aliphatic rings. The van der Waals surface area contributed by atoms with Crippen molar-refractivity contribution in [1.82, 2.24) is 19.9 Å². The Kier molecular flexibility index (Phi) is 1.37. The van der Waals surface area contributed by atoms with Crippen LogP contribution < -0.4 is 0 Å². The van der Waals surface area contributed by atoms with E-state index in [1.807, 2.05) is 0 Å². The molecule has 2 aromatic rings. The number of aromatic amines is 1. The second-order valence-corrected chi connectivity index (χ2v) is 2.03. The van der Waals surface area contributed by atoms with Crippen molar-refractivity contribution in [3.8, 4) is 11.5 Å². The van der Waals surface area contributed by atoms with Gasteiger partial charge in [0.1, 0.15) is 5.69 Å². The smallest absolute Gasteiger partial charge is 0.179 e. The van der Waals surface area contributed by atoms with E-state index in [2.05, 4.69) is 19.9 Å². The first-order valence-electron chi connectivity index (χ1n) is 3.23. The second kappa shape index (κ2) is 2.49. The van der Waals surface area contributed by atoms with Gasteiger partial charge in [-0.05, 0) is 6.07 Å². The molecule has 54 valence electrons. The summed E-state index contributed by atoms with van der Waals surface area (Å²) in [6.45, 7) is 0. The third kappa shape index (κ3) is 1.10. The number of hydrogen-bond donors (Lipinski definition) is 1. The molecular weight excluding hydrogens is 140 g/mol. The third-order valence-electron chi connectivity index (χ3n) is 1.29. The maximum absolute atomic E-state index is 4.03. The van der Waals surface area contributed by atoms with Crippen LogP contribution in [0.3, 0.4) is 0 Å². The van der Waals surface area contributed by atoms with Crippen LogP contribution in [0.2, 0.25) is 0 Å². The maximum atomic E-state index is 4.03. The molecule has 0 bridgehead atoms. The van der Waals surface area contributed by atoms with E-state index in [9.17, 15) is 0 Å². The molecule has 2 aromatic heterocycles. The molecule has 0 aliphatic carbocycles. The van der Waals surface area contributed by atoms with Crippen molar-refractivity contribution in [3.05, 3.63) is 31.0 Å². The van der Waals surface area contributed by atoms with Gasteiger partial charge in [0.15, 0.2) is 5.82 Å². The van der Waals surface area contributed by atoms with Crippen LogP contribution in [-0.2, 0) is 0 Å².